The van der Waals surface area contributed by atoms with Gasteiger partial charge in [0.05, 0.1) is 12.6 Å². The van der Waals surface area contributed by atoms with Gasteiger partial charge >= 0.3 is 6.03 Å². The number of nitrogens with one attached hydrogen (secondary N) is 2. The van der Waals surface area contributed by atoms with E-state index < -0.39 is 0 Å². The van der Waals surface area contributed by atoms with Crippen LogP contribution in [0.15, 0.2) is 0 Å². The Bertz CT molecular complexity index is 263. The van der Waals surface area contributed by atoms with E-state index in [1.807, 2.05) is 6.92 Å². The lowest BCUT2D eigenvalue weighted by Crippen LogP contribution is -2.50. The van der Waals surface area contributed by atoms with E-state index in [1.165, 1.54) is 0 Å². The fourth-order valence-corrected chi connectivity index (χ4v) is 2.52. The molecule has 0 bridgehead atoms. The molecule has 0 radical (unpaired) electrons. The fourth-order valence-electron chi connectivity index (χ4n) is 2.52. The van der Waals surface area contributed by atoms with Gasteiger partial charge in [-0.3, -0.25) is 0 Å². The van der Waals surface area contributed by atoms with Gasteiger partial charge in [-0.25, -0.2) is 4.79 Å². The monoisotopic (exact) mass is 271 g/mol. The molecule has 1 unspecified atom stereocenters. The molecular weight excluding hydrogens is 242 g/mol. The van der Waals surface area contributed by atoms with Gasteiger partial charge in [0, 0.05) is 32.8 Å². The number of amides is 2. The number of likely N-dealkylation sites (tertiary alicyclic amines) is 1. The maximum atomic E-state index is 11.8. The second kappa shape index (κ2) is 8.38. The first-order chi connectivity index (χ1) is 9.01. The highest BCUT2D eigenvalue weighted by molar-refractivity contribution is 5.74. The topological polar surface area (TPSA) is 53.6 Å². The van der Waals surface area contributed by atoms with Crippen molar-refractivity contribution < 1.29 is 9.53 Å². The quantitative estimate of drug-likeness (QED) is 0.768. The molecule has 5 nitrogen and oxygen atoms in total. The number of ether oxygens (including phenoxy) is 1. The van der Waals surface area contributed by atoms with Crippen molar-refractivity contribution in [3.05, 3.63) is 0 Å². The molecule has 0 spiro atoms. The third kappa shape index (κ3) is 6.78. The van der Waals surface area contributed by atoms with Gasteiger partial charge < -0.3 is 20.3 Å². The van der Waals surface area contributed by atoms with E-state index in [2.05, 4.69) is 29.4 Å². The molecule has 19 heavy (non-hydrogen) atoms. The molecule has 1 heterocycles. The Morgan fingerprint density at radius 1 is 1.32 bits per heavy atom. The maximum Gasteiger partial charge on any atom is 0.315 e. The molecule has 0 saturated carbocycles. The predicted octanol–water partition coefficient (Wildman–Crippen LogP) is 1.44. The molecule has 0 aromatic heterocycles. The van der Waals surface area contributed by atoms with Crippen LogP contribution in [0, 0.1) is 5.92 Å². The Morgan fingerprint density at radius 3 is 2.47 bits per heavy atom. The normalized spacial score (nSPS) is 19.4. The zero-order valence-corrected chi connectivity index (χ0v) is 12.7. The van der Waals surface area contributed by atoms with E-state index in [4.69, 9.17) is 4.74 Å². The Balaban J connectivity index is 2.19. The molecule has 1 rings (SSSR count). The summed E-state index contributed by atoms with van der Waals surface area (Å²) in [6.07, 6.45) is 2.08. The first-order valence-corrected chi connectivity index (χ1v) is 7.29. The van der Waals surface area contributed by atoms with Gasteiger partial charge in [-0.15, -0.1) is 0 Å². The summed E-state index contributed by atoms with van der Waals surface area (Å²) in [6, 6.07) is 0.274. The molecule has 0 aliphatic carbocycles. The highest BCUT2D eigenvalue weighted by atomic mass is 16.5. The molecule has 112 valence electrons. The van der Waals surface area contributed by atoms with Crippen LogP contribution in [0.2, 0.25) is 0 Å². The SMILES string of the molecule is COCC(C)NC(=O)NC1CCN(CC(C)C)CC1. The zero-order valence-electron chi connectivity index (χ0n) is 12.7. The number of hydrogen-bond acceptors (Lipinski definition) is 3. The molecule has 1 fully saturated rings. The second-order valence-corrected chi connectivity index (χ2v) is 5.94. The van der Waals surface area contributed by atoms with E-state index in [9.17, 15) is 4.79 Å². The number of hydrogen-bond donors (Lipinski definition) is 2. The molecule has 2 amide bonds. The number of carbonyl (C=O) groups excluding carboxylic acids is 1. The molecule has 0 aromatic rings. The van der Waals surface area contributed by atoms with E-state index >= 15 is 0 Å². The molecule has 2 N–H and O–H groups in total. The largest absolute Gasteiger partial charge is 0.383 e. The molecule has 0 aromatic carbocycles. The zero-order chi connectivity index (χ0) is 14.3. The summed E-state index contributed by atoms with van der Waals surface area (Å²) in [7, 11) is 1.64. The van der Waals surface area contributed by atoms with Crippen molar-refractivity contribution in [3.8, 4) is 0 Å². The van der Waals surface area contributed by atoms with Gasteiger partial charge in [-0.1, -0.05) is 13.8 Å². The lowest BCUT2D eigenvalue weighted by atomic mass is 10.0. The van der Waals surface area contributed by atoms with Crippen LogP contribution in [0.1, 0.15) is 33.6 Å². The molecule has 1 saturated heterocycles. The van der Waals surface area contributed by atoms with Gasteiger partial charge in [0.15, 0.2) is 0 Å². The van der Waals surface area contributed by atoms with Crippen molar-refractivity contribution in [3.63, 3.8) is 0 Å². The van der Waals surface area contributed by atoms with Gasteiger partial charge in [0.2, 0.25) is 0 Å². The fraction of sp³-hybridized carbons (Fsp3) is 0.929. The van der Waals surface area contributed by atoms with Gasteiger partial charge in [0.1, 0.15) is 0 Å². The van der Waals surface area contributed by atoms with Crippen molar-refractivity contribution in [2.45, 2.75) is 45.7 Å². The number of urea groups is 1. The van der Waals surface area contributed by atoms with Crippen molar-refractivity contribution >= 4 is 6.03 Å². The molecule has 1 aliphatic rings. The van der Waals surface area contributed by atoms with E-state index in [1.54, 1.807) is 7.11 Å². The van der Waals surface area contributed by atoms with Gasteiger partial charge in [0.25, 0.3) is 0 Å². The highest BCUT2D eigenvalue weighted by Crippen LogP contribution is 2.11. The summed E-state index contributed by atoms with van der Waals surface area (Å²) in [6.45, 7) is 10.3. The number of nitrogens with zero attached hydrogens (tertiary/aromatic N) is 1. The highest BCUT2D eigenvalue weighted by Gasteiger charge is 2.21. The van der Waals surface area contributed by atoms with Crippen LogP contribution < -0.4 is 10.6 Å². The Morgan fingerprint density at radius 2 is 1.95 bits per heavy atom. The Kier molecular flexibility index (Phi) is 7.16. The molecular formula is C14H29N3O2. The van der Waals surface area contributed by atoms with Crippen molar-refractivity contribution in [1.82, 2.24) is 15.5 Å². The van der Waals surface area contributed by atoms with Crippen LogP contribution in [0.5, 0.6) is 0 Å². The van der Waals surface area contributed by atoms with Crippen molar-refractivity contribution in [2.75, 3.05) is 33.4 Å². The van der Waals surface area contributed by atoms with Crippen molar-refractivity contribution in [2.24, 2.45) is 5.92 Å². The summed E-state index contributed by atoms with van der Waals surface area (Å²) in [5.41, 5.74) is 0. The minimum atomic E-state index is -0.0770. The smallest absolute Gasteiger partial charge is 0.315 e. The van der Waals surface area contributed by atoms with Crippen LogP contribution in [0.25, 0.3) is 0 Å². The van der Waals surface area contributed by atoms with Crippen LogP contribution in [0.4, 0.5) is 4.79 Å². The number of piperidine rings is 1. The number of methoxy groups -OCH3 is 1. The summed E-state index contributed by atoms with van der Waals surface area (Å²) in [4.78, 5) is 14.2. The maximum absolute atomic E-state index is 11.8. The van der Waals surface area contributed by atoms with E-state index in [-0.39, 0.29) is 12.1 Å². The Hall–Kier alpha value is -0.810. The lowest BCUT2D eigenvalue weighted by molar-refractivity contribution is 0.163. The van der Waals surface area contributed by atoms with Crippen molar-refractivity contribution in [1.29, 1.82) is 0 Å². The van der Waals surface area contributed by atoms with E-state index in [0.29, 0.717) is 18.6 Å². The predicted molar refractivity (Wildman–Crippen MR) is 77.3 cm³/mol. The van der Waals surface area contributed by atoms with Crippen LogP contribution in [-0.4, -0.2) is 56.4 Å². The summed E-state index contributed by atoms with van der Waals surface area (Å²) in [5.74, 6) is 0.711. The Labute approximate surface area is 117 Å². The third-order valence-corrected chi connectivity index (χ3v) is 3.34. The molecule has 1 aliphatic heterocycles. The second-order valence-electron chi connectivity index (χ2n) is 5.94. The lowest BCUT2D eigenvalue weighted by Gasteiger charge is -2.33. The van der Waals surface area contributed by atoms with Crippen LogP contribution in [-0.2, 0) is 4.74 Å². The van der Waals surface area contributed by atoms with Crippen LogP contribution in [0.3, 0.4) is 0 Å². The summed E-state index contributed by atoms with van der Waals surface area (Å²) in [5, 5.41) is 5.93. The minimum absolute atomic E-state index is 0.0473. The number of rotatable bonds is 6. The standard InChI is InChI=1S/C14H29N3O2/c1-11(2)9-17-7-5-13(6-8-17)16-14(18)15-12(3)10-19-4/h11-13H,5-10H2,1-4H3,(H2,15,16,18). The average molecular weight is 271 g/mol. The van der Waals surface area contributed by atoms with Gasteiger partial charge in [-0.2, -0.15) is 0 Å². The van der Waals surface area contributed by atoms with Crippen LogP contribution >= 0.6 is 0 Å². The number of carbonyl (C=O) groups is 1. The first kappa shape index (κ1) is 16.2. The van der Waals surface area contributed by atoms with E-state index in [0.717, 1.165) is 32.5 Å². The molecule has 5 heteroatoms. The summed E-state index contributed by atoms with van der Waals surface area (Å²) < 4.78 is 5.00. The first-order valence-electron chi connectivity index (χ1n) is 7.29. The summed E-state index contributed by atoms with van der Waals surface area (Å²) >= 11 is 0. The van der Waals surface area contributed by atoms with Gasteiger partial charge in [-0.05, 0) is 25.7 Å². The minimum Gasteiger partial charge on any atom is -0.383 e. The average Bonchev–Trinajstić information content (AvgIpc) is 2.31. The molecule has 1 atom stereocenters. The third-order valence-electron chi connectivity index (χ3n) is 3.34.